The molecule has 0 spiro atoms. The number of hydrogen-bond acceptors (Lipinski definition) is 6. The van der Waals surface area contributed by atoms with Crippen molar-refractivity contribution in [3.05, 3.63) is 65.4 Å². The number of aromatic nitrogens is 1. The highest BCUT2D eigenvalue weighted by atomic mass is 31.0. The summed E-state index contributed by atoms with van der Waals surface area (Å²) in [7, 11) is 2.07. The Morgan fingerprint density at radius 3 is 2.81 bits per heavy atom. The Balaban J connectivity index is 1.68. The van der Waals surface area contributed by atoms with Crippen LogP contribution in [0.2, 0.25) is 0 Å². The average molecular weight is 445 g/mol. The van der Waals surface area contributed by atoms with Gasteiger partial charge in [-0.2, -0.15) is 0 Å². The maximum atomic E-state index is 13.7. The van der Waals surface area contributed by atoms with Crippen LogP contribution in [-0.4, -0.2) is 34.3 Å². The number of rotatable bonds is 4. The van der Waals surface area contributed by atoms with Crippen LogP contribution in [0.25, 0.3) is 0 Å². The minimum atomic E-state index is -1.08. The second-order valence-corrected chi connectivity index (χ2v) is 7.44. The number of hydrogen-bond donors (Lipinski definition) is 3. The summed E-state index contributed by atoms with van der Waals surface area (Å²) in [6.45, 7) is 0.338. The van der Waals surface area contributed by atoms with Gasteiger partial charge in [-0.15, -0.1) is 9.24 Å². The molecular weight excluding hydrogens is 427 g/mol. The van der Waals surface area contributed by atoms with Crippen LogP contribution < -0.4 is 20.3 Å². The number of aliphatic hydroxyl groups excluding tert-OH is 1. The summed E-state index contributed by atoms with van der Waals surface area (Å²) in [6.07, 6.45) is 1.45. The zero-order chi connectivity index (χ0) is 22.1. The third-order valence-corrected chi connectivity index (χ3v) is 5.17. The van der Waals surface area contributed by atoms with Gasteiger partial charge in [0.05, 0.1) is 24.4 Å². The molecule has 1 aliphatic rings. The van der Waals surface area contributed by atoms with Gasteiger partial charge >= 0.3 is 0 Å². The topological polar surface area (TPSA) is 94.9 Å². The number of nitrogens with one attached hydrogen (secondary N) is 1. The predicted molar refractivity (Wildman–Crippen MR) is 114 cm³/mol. The van der Waals surface area contributed by atoms with Crippen molar-refractivity contribution in [2.45, 2.75) is 6.61 Å². The van der Waals surface area contributed by atoms with Crippen molar-refractivity contribution in [1.29, 1.82) is 0 Å². The van der Waals surface area contributed by atoms with Gasteiger partial charge in [-0.25, -0.2) is 13.8 Å². The molecule has 0 saturated heterocycles. The first-order chi connectivity index (χ1) is 14.9. The van der Waals surface area contributed by atoms with Crippen LogP contribution in [0.3, 0.4) is 0 Å². The molecule has 2 aromatic carbocycles. The quantitative estimate of drug-likeness (QED) is 0.535. The van der Waals surface area contributed by atoms with E-state index in [0.717, 1.165) is 6.07 Å². The first kappa shape index (κ1) is 21.0. The lowest BCUT2D eigenvalue weighted by Crippen LogP contribution is -2.30. The summed E-state index contributed by atoms with van der Waals surface area (Å²) in [5.74, 6) is -2.24. The molecule has 1 aliphatic heterocycles. The van der Waals surface area contributed by atoms with Gasteiger partial charge in [-0.05, 0) is 29.8 Å². The summed E-state index contributed by atoms with van der Waals surface area (Å²) < 4.78 is 32.9. The van der Waals surface area contributed by atoms with E-state index in [1.807, 2.05) is 0 Å². The van der Waals surface area contributed by atoms with E-state index in [1.165, 1.54) is 18.3 Å². The van der Waals surface area contributed by atoms with E-state index in [-0.39, 0.29) is 47.1 Å². The van der Waals surface area contributed by atoms with Crippen molar-refractivity contribution >= 4 is 37.6 Å². The number of carbonyl (C=O) groups is 1. The lowest BCUT2D eigenvalue weighted by Gasteiger charge is -2.31. The van der Waals surface area contributed by atoms with Gasteiger partial charge < -0.3 is 25.2 Å². The number of nitrogens with zero attached hydrogens (tertiary/aromatic N) is 2. The second kappa shape index (κ2) is 8.45. The molecule has 7 nitrogen and oxygen atoms in total. The molecule has 3 N–H and O–H groups in total. The van der Waals surface area contributed by atoms with Gasteiger partial charge in [0, 0.05) is 23.3 Å². The molecule has 1 unspecified atom stereocenters. The van der Waals surface area contributed by atoms with E-state index in [9.17, 15) is 23.8 Å². The van der Waals surface area contributed by atoms with E-state index < -0.39 is 17.5 Å². The molecule has 0 radical (unpaired) electrons. The zero-order valence-electron chi connectivity index (χ0n) is 16.1. The number of amides is 1. The molecule has 0 bridgehead atoms. The Kier molecular flexibility index (Phi) is 5.71. The number of fused-ring (bicyclic) bond motifs is 1. The molecule has 0 saturated carbocycles. The third kappa shape index (κ3) is 4.02. The fourth-order valence-electron chi connectivity index (χ4n) is 3.31. The molecule has 0 aliphatic carbocycles. The first-order valence-corrected chi connectivity index (χ1v) is 9.84. The molecule has 2 heterocycles. The summed E-state index contributed by atoms with van der Waals surface area (Å²) in [5, 5.41) is 22.1. The van der Waals surface area contributed by atoms with Crippen LogP contribution in [0.4, 0.5) is 26.0 Å². The summed E-state index contributed by atoms with van der Waals surface area (Å²) in [5.41, 5.74) is 1.25. The SMILES string of the molecule is O=C(Nc1cc(F)c(F)c(P)c1)c1cccc2c1OCCN2c1ncc(CO)cc1O. The second-order valence-electron chi connectivity index (χ2n) is 6.81. The van der Waals surface area contributed by atoms with Crippen molar-refractivity contribution in [1.82, 2.24) is 4.98 Å². The summed E-state index contributed by atoms with van der Waals surface area (Å²) >= 11 is 0. The molecular formula is C21H18F2N3O4P. The van der Waals surface area contributed by atoms with Gasteiger partial charge in [0.25, 0.3) is 5.91 Å². The van der Waals surface area contributed by atoms with Crippen molar-refractivity contribution in [2.24, 2.45) is 0 Å². The van der Waals surface area contributed by atoms with Crippen molar-refractivity contribution < 1.29 is 28.5 Å². The van der Waals surface area contributed by atoms with Gasteiger partial charge in [0.15, 0.2) is 29.0 Å². The maximum absolute atomic E-state index is 13.7. The Morgan fingerprint density at radius 1 is 1.29 bits per heavy atom. The fraction of sp³-hybridized carbons (Fsp3) is 0.143. The largest absolute Gasteiger partial charge is 0.504 e. The number of aromatic hydroxyl groups is 1. The van der Waals surface area contributed by atoms with Crippen molar-refractivity contribution in [3.8, 4) is 11.5 Å². The molecule has 4 rings (SSSR count). The Morgan fingerprint density at radius 2 is 2.10 bits per heavy atom. The van der Waals surface area contributed by atoms with Crippen LogP contribution >= 0.6 is 9.24 Å². The molecule has 1 atom stereocenters. The minimum Gasteiger partial charge on any atom is -0.504 e. The molecule has 3 aromatic rings. The van der Waals surface area contributed by atoms with E-state index in [1.54, 1.807) is 23.1 Å². The van der Waals surface area contributed by atoms with Crippen LogP contribution in [0.1, 0.15) is 15.9 Å². The van der Waals surface area contributed by atoms with Crippen LogP contribution in [0.5, 0.6) is 11.5 Å². The highest BCUT2D eigenvalue weighted by Crippen LogP contribution is 2.41. The number of benzene rings is 2. The van der Waals surface area contributed by atoms with Gasteiger partial charge in [-0.1, -0.05) is 6.07 Å². The van der Waals surface area contributed by atoms with Crippen LogP contribution in [0.15, 0.2) is 42.6 Å². The highest BCUT2D eigenvalue weighted by Gasteiger charge is 2.27. The number of halogens is 2. The van der Waals surface area contributed by atoms with E-state index in [2.05, 4.69) is 19.5 Å². The first-order valence-electron chi connectivity index (χ1n) is 9.27. The average Bonchev–Trinajstić information content (AvgIpc) is 2.76. The number of carbonyl (C=O) groups excluding carboxylic acids is 1. The normalized spacial score (nSPS) is 12.8. The molecule has 10 heteroatoms. The monoisotopic (exact) mass is 445 g/mol. The number of para-hydroxylation sites is 1. The minimum absolute atomic E-state index is 0.0132. The van der Waals surface area contributed by atoms with E-state index in [4.69, 9.17) is 4.74 Å². The highest BCUT2D eigenvalue weighted by molar-refractivity contribution is 7.27. The van der Waals surface area contributed by atoms with Gasteiger partial charge in [0.1, 0.15) is 6.61 Å². The Labute approximate surface area is 178 Å². The lowest BCUT2D eigenvalue weighted by molar-refractivity contribution is 0.102. The van der Waals surface area contributed by atoms with Crippen molar-refractivity contribution in [2.75, 3.05) is 23.4 Å². The Hall–Kier alpha value is -3.29. The van der Waals surface area contributed by atoms with Gasteiger partial charge in [0.2, 0.25) is 0 Å². The van der Waals surface area contributed by atoms with Crippen molar-refractivity contribution in [3.63, 3.8) is 0 Å². The molecule has 0 fully saturated rings. The number of aliphatic hydroxyl groups is 1. The predicted octanol–water partition coefficient (Wildman–Crippen LogP) is 2.84. The fourth-order valence-corrected chi connectivity index (χ4v) is 3.63. The molecule has 160 valence electrons. The van der Waals surface area contributed by atoms with Gasteiger partial charge in [-0.3, -0.25) is 4.79 Å². The summed E-state index contributed by atoms with van der Waals surface area (Å²) in [4.78, 5) is 18.8. The van der Waals surface area contributed by atoms with E-state index >= 15 is 0 Å². The van der Waals surface area contributed by atoms with Crippen LogP contribution in [-0.2, 0) is 6.61 Å². The standard InChI is InChI=1S/C21H18F2N3O4P/c22-14-7-12(8-17(31)18(14)23)25-21(29)13-2-1-3-15-19(13)30-5-4-26(15)20-16(28)6-11(10-27)9-24-20/h1-3,6-9,27-28H,4-5,10,31H2,(H,25,29). The van der Waals surface area contributed by atoms with Crippen LogP contribution in [0, 0.1) is 11.6 Å². The smallest absolute Gasteiger partial charge is 0.259 e. The Bertz CT molecular complexity index is 1150. The van der Waals surface area contributed by atoms with E-state index in [0.29, 0.717) is 17.8 Å². The molecule has 31 heavy (non-hydrogen) atoms. The molecule has 1 aromatic heterocycles. The number of pyridine rings is 1. The number of ether oxygens (including phenoxy) is 1. The molecule has 1 amide bonds. The number of anilines is 3. The lowest BCUT2D eigenvalue weighted by atomic mass is 10.1. The maximum Gasteiger partial charge on any atom is 0.259 e. The summed E-state index contributed by atoms with van der Waals surface area (Å²) in [6, 6.07) is 8.51. The third-order valence-electron chi connectivity index (χ3n) is 4.75. The zero-order valence-corrected chi connectivity index (χ0v) is 17.3.